The minimum atomic E-state index is -0.0747. The number of hydrogen-bond donors (Lipinski definition) is 2. The SMILES string of the molecule is CNC(C)C(C)Sc1n[nH]c(=O)n1C1CC1. The Hall–Kier alpha value is -0.750. The molecule has 0 spiro atoms. The van der Waals surface area contributed by atoms with E-state index in [1.54, 1.807) is 16.3 Å². The average molecular weight is 242 g/mol. The fourth-order valence-electron chi connectivity index (χ4n) is 1.53. The molecule has 1 aromatic heterocycles. The zero-order valence-electron chi connectivity index (χ0n) is 9.86. The van der Waals surface area contributed by atoms with Crippen LogP contribution in [0.3, 0.4) is 0 Å². The molecule has 1 fully saturated rings. The summed E-state index contributed by atoms with van der Waals surface area (Å²) < 4.78 is 1.80. The van der Waals surface area contributed by atoms with Gasteiger partial charge in [0.2, 0.25) is 0 Å². The number of aromatic amines is 1. The first kappa shape index (κ1) is 11.7. The van der Waals surface area contributed by atoms with Crippen molar-refractivity contribution in [3.8, 4) is 0 Å². The first-order valence-corrected chi connectivity index (χ1v) is 6.52. The minimum Gasteiger partial charge on any atom is -0.316 e. The standard InChI is InChI=1S/C10H18N4OS/c1-6(11-3)7(2)16-10-13-12-9(15)14(10)8-4-5-8/h6-8,11H,4-5H2,1-3H3,(H,12,15). The second-order valence-corrected chi connectivity index (χ2v) is 5.66. The zero-order valence-corrected chi connectivity index (χ0v) is 10.7. The summed E-state index contributed by atoms with van der Waals surface area (Å²) in [5, 5.41) is 11.0. The number of nitrogens with zero attached hydrogens (tertiary/aromatic N) is 2. The molecular weight excluding hydrogens is 224 g/mol. The Kier molecular flexibility index (Phi) is 3.39. The average Bonchev–Trinajstić information content (AvgIpc) is 3.04. The van der Waals surface area contributed by atoms with Crippen LogP contribution in [0.15, 0.2) is 9.95 Å². The molecule has 1 heterocycles. The summed E-state index contributed by atoms with van der Waals surface area (Å²) in [6, 6.07) is 0.773. The third kappa shape index (κ3) is 2.32. The number of aromatic nitrogens is 3. The summed E-state index contributed by atoms with van der Waals surface area (Å²) >= 11 is 1.65. The van der Waals surface area contributed by atoms with Crippen LogP contribution < -0.4 is 11.0 Å². The van der Waals surface area contributed by atoms with Crippen LogP contribution in [0.1, 0.15) is 32.7 Å². The summed E-state index contributed by atoms with van der Waals surface area (Å²) in [6.07, 6.45) is 2.20. The largest absolute Gasteiger partial charge is 0.344 e. The number of nitrogens with one attached hydrogen (secondary N) is 2. The highest BCUT2D eigenvalue weighted by molar-refractivity contribution is 7.99. The molecule has 1 saturated carbocycles. The van der Waals surface area contributed by atoms with E-state index in [4.69, 9.17) is 0 Å². The maximum Gasteiger partial charge on any atom is 0.344 e. The van der Waals surface area contributed by atoms with Gasteiger partial charge in [-0.3, -0.25) is 4.57 Å². The number of H-pyrrole nitrogens is 1. The Balaban J connectivity index is 2.12. The number of thioether (sulfide) groups is 1. The third-order valence-corrected chi connectivity index (χ3v) is 4.31. The monoisotopic (exact) mass is 242 g/mol. The quantitative estimate of drug-likeness (QED) is 0.756. The van der Waals surface area contributed by atoms with Gasteiger partial charge in [-0.15, -0.1) is 5.10 Å². The molecule has 5 nitrogen and oxygen atoms in total. The van der Waals surface area contributed by atoms with Crippen molar-refractivity contribution >= 4 is 11.8 Å². The second-order valence-electron chi connectivity index (χ2n) is 4.31. The van der Waals surface area contributed by atoms with Crippen molar-refractivity contribution in [2.75, 3.05) is 7.05 Å². The van der Waals surface area contributed by atoms with Gasteiger partial charge in [0.1, 0.15) is 0 Å². The Morgan fingerprint density at radius 2 is 2.25 bits per heavy atom. The molecule has 90 valence electrons. The van der Waals surface area contributed by atoms with Crippen molar-refractivity contribution in [1.29, 1.82) is 0 Å². The molecule has 16 heavy (non-hydrogen) atoms. The van der Waals surface area contributed by atoms with E-state index in [9.17, 15) is 4.79 Å². The van der Waals surface area contributed by atoms with Crippen LogP contribution in [0.2, 0.25) is 0 Å². The van der Waals surface area contributed by atoms with Crippen LogP contribution >= 0.6 is 11.8 Å². The van der Waals surface area contributed by atoms with Gasteiger partial charge in [0.25, 0.3) is 0 Å². The van der Waals surface area contributed by atoms with Crippen molar-refractivity contribution in [1.82, 2.24) is 20.1 Å². The van der Waals surface area contributed by atoms with E-state index in [1.165, 1.54) is 0 Å². The van der Waals surface area contributed by atoms with Crippen molar-refractivity contribution in [2.45, 2.75) is 49.2 Å². The molecule has 1 aliphatic rings. The summed E-state index contributed by atoms with van der Waals surface area (Å²) in [5.74, 6) is 0. The fourth-order valence-corrected chi connectivity index (χ4v) is 2.65. The molecule has 0 aliphatic heterocycles. The molecule has 0 amide bonds. The molecule has 0 aromatic carbocycles. The highest BCUT2D eigenvalue weighted by Gasteiger charge is 2.29. The van der Waals surface area contributed by atoms with Gasteiger partial charge in [-0.05, 0) is 26.8 Å². The van der Waals surface area contributed by atoms with E-state index in [0.717, 1.165) is 18.0 Å². The Labute approximate surface area is 99.0 Å². The minimum absolute atomic E-state index is 0.0747. The Morgan fingerprint density at radius 1 is 1.56 bits per heavy atom. The lowest BCUT2D eigenvalue weighted by atomic mass is 10.3. The smallest absolute Gasteiger partial charge is 0.316 e. The highest BCUT2D eigenvalue weighted by atomic mass is 32.2. The highest BCUT2D eigenvalue weighted by Crippen LogP contribution is 2.36. The lowest BCUT2D eigenvalue weighted by Crippen LogP contribution is -2.31. The summed E-state index contributed by atoms with van der Waals surface area (Å²) in [5.41, 5.74) is -0.0747. The molecule has 1 aromatic rings. The van der Waals surface area contributed by atoms with Gasteiger partial charge in [0, 0.05) is 17.3 Å². The molecule has 1 aliphatic carbocycles. The second kappa shape index (κ2) is 4.63. The van der Waals surface area contributed by atoms with Crippen molar-refractivity contribution in [3.63, 3.8) is 0 Å². The number of hydrogen-bond acceptors (Lipinski definition) is 4. The van der Waals surface area contributed by atoms with E-state index in [1.807, 2.05) is 7.05 Å². The topological polar surface area (TPSA) is 62.7 Å². The normalized spacial score (nSPS) is 19.7. The van der Waals surface area contributed by atoms with Crippen LogP contribution in [-0.4, -0.2) is 33.1 Å². The lowest BCUT2D eigenvalue weighted by molar-refractivity contribution is 0.597. The summed E-state index contributed by atoms with van der Waals surface area (Å²) in [7, 11) is 1.94. The van der Waals surface area contributed by atoms with E-state index in [-0.39, 0.29) is 5.69 Å². The Morgan fingerprint density at radius 3 is 2.81 bits per heavy atom. The van der Waals surface area contributed by atoms with Gasteiger partial charge < -0.3 is 5.32 Å². The summed E-state index contributed by atoms with van der Waals surface area (Å²) in [6.45, 7) is 4.27. The van der Waals surface area contributed by atoms with Crippen LogP contribution in [0.4, 0.5) is 0 Å². The molecule has 0 radical (unpaired) electrons. The molecule has 2 N–H and O–H groups in total. The molecule has 2 atom stereocenters. The van der Waals surface area contributed by atoms with Crippen molar-refractivity contribution < 1.29 is 0 Å². The predicted molar refractivity (Wildman–Crippen MR) is 65.0 cm³/mol. The first-order valence-electron chi connectivity index (χ1n) is 5.64. The van der Waals surface area contributed by atoms with Gasteiger partial charge in [-0.2, -0.15) is 0 Å². The van der Waals surface area contributed by atoms with E-state index in [2.05, 4.69) is 29.4 Å². The van der Waals surface area contributed by atoms with Gasteiger partial charge in [0.15, 0.2) is 5.16 Å². The van der Waals surface area contributed by atoms with E-state index < -0.39 is 0 Å². The van der Waals surface area contributed by atoms with Gasteiger partial charge in [-0.1, -0.05) is 18.7 Å². The maximum atomic E-state index is 11.6. The zero-order chi connectivity index (χ0) is 11.7. The van der Waals surface area contributed by atoms with Gasteiger partial charge in [-0.25, -0.2) is 9.89 Å². The first-order chi connectivity index (χ1) is 7.63. The van der Waals surface area contributed by atoms with Crippen LogP contribution in [0, 0.1) is 0 Å². The van der Waals surface area contributed by atoms with Crippen molar-refractivity contribution in [3.05, 3.63) is 10.5 Å². The molecular formula is C10H18N4OS. The number of rotatable bonds is 5. The van der Waals surface area contributed by atoms with E-state index in [0.29, 0.717) is 17.3 Å². The molecule has 0 saturated heterocycles. The molecule has 2 unspecified atom stereocenters. The van der Waals surface area contributed by atoms with Crippen LogP contribution in [0.25, 0.3) is 0 Å². The summed E-state index contributed by atoms with van der Waals surface area (Å²) in [4.78, 5) is 11.6. The van der Waals surface area contributed by atoms with Crippen LogP contribution in [0.5, 0.6) is 0 Å². The Bertz CT molecular complexity index is 409. The predicted octanol–water partition coefficient (Wildman–Crippen LogP) is 0.995. The fraction of sp³-hybridized carbons (Fsp3) is 0.800. The van der Waals surface area contributed by atoms with Crippen molar-refractivity contribution in [2.24, 2.45) is 0 Å². The molecule has 6 heteroatoms. The lowest BCUT2D eigenvalue weighted by Gasteiger charge is -2.18. The maximum absolute atomic E-state index is 11.6. The van der Waals surface area contributed by atoms with Crippen LogP contribution in [-0.2, 0) is 0 Å². The van der Waals surface area contributed by atoms with E-state index >= 15 is 0 Å². The molecule has 0 bridgehead atoms. The van der Waals surface area contributed by atoms with Gasteiger partial charge in [0.05, 0.1) is 0 Å². The van der Waals surface area contributed by atoms with Gasteiger partial charge >= 0.3 is 5.69 Å². The third-order valence-electron chi connectivity index (χ3n) is 3.03. The molecule has 2 rings (SSSR count).